The van der Waals surface area contributed by atoms with Crippen LogP contribution in [0.5, 0.6) is 0 Å². The predicted molar refractivity (Wildman–Crippen MR) is 101 cm³/mol. The van der Waals surface area contributed by atoms with Gasteiger partial charge < -0.3 is 9.73 Å². The van der Waals surface area contributed by atoms with Gasteiger partial charge in [-0.1, -0.05) is 60.7 Å². The number of nitrogens with zero attached hydrogens (tertiary/aromatic N) is 1. The number of carbonyl (C=O) groups is 1. The Kier molecular flexibility index (Phi) is 4.82. The van der Waals surface area contributed by atoms with Crippen LogP contribution in [-0.4, -0.2) is 17.4 Å². The van der Waals surface area contributed by atoms with Crippen molar-refractivity contribution in [3.63, 3.8) is 0 Å². The summed E-state index contributed by atoms with van der Waals surface area (Å²) in [4.78, 5) is 16.4. The fourth-order valence-electron chi connectivity index (χ4n) is 3.30. The molecule has 4 heteroatoms. The molecule has 0 spiro atoms. The zero-order valence-corrected chi connectivity index (χ0v) is 14.6. The normalized spacial score (nSPS) is 18.5. The van der Waals surface area contributed by atoms with Crippen LogP contribution in [0.3, 0.4) is 0 Å². The van der Waals surface area contributed by atoms with Gasteiger partial charge in [-0.2, -0.15) is 0 Å². The summed E-state index contributed by atoms with van der Waals surface area (Å²) in [6.45, 7) is 0.749. The van der Waals surface area contributed by atoms with Gasteiger partial charge in [-0.05, 0) is 23.8 Å². The molecule has 1 aliphatic carbocycles. The van der Waals surface area contributed by atoms with E-state index in [4.69, 9.17) is 4.42 Å². The molecule has 1 amide bonds. The van der Waals surface area contributed by atoms with Crippen molar-refractivity contribution in [1.82, 2.24) is 10.3 Å². The van der Waals surface area contributed by atoms with Crippen LogP contribution in [0.15, 0.2) is 71.3 Å². The molecule has 26 heavy (non-hydrogen) atoms. The Balaban J connectivity index is 1.21. The zero-order chi connectivity index (χ0) is 17.8. The van der Waals surface area contributed by atoms with Crippen molar-refractivity contribution in [1.29, 1.82) is 0 Å². The molecule has 0 saturated heterocycles. The molecule has 4 nitrogen and oxygen atoms in total. The summed E-state index contributed by atoms with van der Waals surface area (Å²) in [5.74, 6) is 2.56. The molecule has 2 aromatic carbocycles. The lowest BCUT2D eigenvalue weighted by atomic mass is 10.1. The molecule has 1 aliphatic rings. The third-order valence-electron chi connectivity index (χ3n) is 4.89. The van der Waals surface area contributed by atoms with Crippen LogP contribution in [-0.2, 0) is 11.2 Å². The number of carbonyl (C=O) groups excluding carboxylic acids is 1. The van der Waals surface area contributed by atoms with Crippen molar-refractivity contribution in [2.45, 2.75) is 25.2 Å². The Hall–Kier alpha value is -2.88. The SMILES string of the molecule is O=C(CCc1ncc(-c2ccccc2)o1)NC[C@@H]1C[C@H]1c1ccccc1. The Labute approximate surface area is 153 Å². The lowest BCUT2D eigenvalue weighted by Crippen LogP contribution is -2.26. The maximum Gasteiger partial charge on any atom is 0.220 e. The first-order valence-corrected chi connectivity index (χ1v) is 9.11. The van der Waals surface area contributed by atoms with Gasteiger partial charge in [0, 0.05) is 24.9 Å². The molecule has 1 fully saturated rings. The molecular weight excluding hydrogens is 324 g/mol. The largest absolute Gasteiger partial charge is 0.441 e. The fraction of sp³-hybridized carbons (Fsp3) is 0.273. The van der Waals surface area contributed by atoms with Crippen LogP contribution in [0.1, 0.15) is 30.2 Å². The second-order valence-corrected chi connectivity index (χ2v) is 6.80. The van der Waals surface area contributed by atoms with Gasteiger partial charge in [0.15, 0.2) is 11.7 Å². The quantitative estimate of drug-likeness (QED) is 0.698. The minimum atomic E-state index is 0.0585. The van der Waals surface area contributed by atoms with E-state index in [-0.39, 0.29) is 5.91 Å². The van der Waals surface area contributed by atoms with Crippen LogP contribution in [0.2, 0.25) is 0 Å². The second-order valence-electron chi connectivity index (χ2n) is 6.80. The van der Waals surface area contributed by atoms with Crippen molar-refractivity contribution in [3.8, 4) is 11.3 Å². The standard InChI is InChI=1S/C22H22N2O2/c25-21(23-14-18-13-19(18)16-7-3-1-4-8-16)11-12-22-24-15-20(26-22)17-9-5-2-6-10-17/h1-10,15,18-19H,11-14H2,(H,23,25)/t18-,19-/m0/s1. The van der Waals surface area contributed by atoms with E-state index in [0.717, 1.165) is 24.3 Å². The van der Waals surface area contributed by atoms with Crippen LogP contribution < -0.4 is 5.32 Å². The number of aromatic nitrogens is 1. The number of rotatable bonds is 7. The van der Waals surface area contributed by atoms with Crippen molar-refractivity contribution >= 4 is 5.91 Å². The lowest BCUT2D eigenvalue weighted by Gasteiger charge is -2.04. The number of nitrogens with one attached hydrogen (secondary N) is 1. The van der Waals surface area contributed by atoms with Crippen LogP contribution in [0, 0.1) is 5.92 Å². The molecule has 1 heterocycles. The first kappa shape index (κ1) is 16.6. The summed E-state index contributed by atoms with van der Waals surface area (Å²) in [5.41, 5.74) is 2.37. The Morgan fingerprint density at radius 3 is 2.58 bits per heavy atom. The van der Waals surface area contributed by atoms with Gasteiger partial charge in [-0.15, -0.1) is 0 Å². The molecule has 1 aromatic heterocycles. The number of hydrogen-bond acceptors (Lipinski definition) is 3. The average Bonchev–Trinajstić information content (AvgIpc) is 3.33. The zero-order valence-electron chi connectivity index (χ0n) is 14.6. The van der Waals surface area contributed by atoms with Crippen molar-refractivity contribution in [2.75, 3.05) is 6.54 Å². The van der Waals surface area contributed by atoms with Gasteiger partial charge in [0.2, 0.25) is 5.91 Å². The molecule has 3 aromatic rings. The van der Waals surface area contributed by atoms with Crippen LogP contribution in [0.25, 0.3) is 11.3 Å². The van der Waals surface area contributed by atoms with Gasteiger partial charge in [0.1, 0.15) is 0 Å². The lowest BCUT2D eigenvalue weighted by molar-refractivity contribution is -0.121. The molecule has 0 bridgehead atoms. The number of amides is 1. The van der Waals surface area contributed by atoms with E-state index in [0.29, 0.717) is 30.6 Å². The van der Waals surface area contributed by atoms with Crippen LogP contribution >= 0.6 is 0 Å². The molecular formula is C22H22N2O2. The van der Waals surface area contributed by atoms with Gasteiger partial charge in [0.05, 0.1) is 6.20 Å². The summed E-state index contributed by atoms with van der Waals surface area (Å²) >= 11 is 0. The van der Waals surface area contributed by atoms with Gasteiger partial charge in [-0.3, -0.25) is 4.79 Å². The maximum absolute atomic E-state index is 12.1. The Morgan fingerprint density at radius 2 is 1.81 bits per heavy atom. The van der Waals surface area contributed by atoms with Gasteiger partial charge >= 0.3 is 0 Å². The predicted octanol–water partition coefficient (Wildman–Crippen LogP) is 4.19. The molecule has 2 atom stereocenters. The third kappa shape index (κ3) is 4.02. The highest BCUT2D eigenvalue weighted by Crippen LogP contribution is 2.46. The average molecular weight is 346 g/mol. The van der Waals surface area contributed by atoms with E-state index in [9.17, 15) is 4.79 Å². The molecule has 4 rings (SSSR count). The minimum Gasteiger partial charge on any atom is -0.441 e. The van der Waals surface area contributed by atoms with Crippen molar-refractivity contribution in [3.05, 3.63) is 78.3 Å². The smallest absolute Gasteiger partial charge is 0.220 e. The number of oxazole rings is 1. The summed E-state index contributed by atoms with van der Waals surface area (Å²) < 4.78 is 5.74. The molecule has 1 saturated carbocycles. The second kappa shape index (κ2) is 7.56. The van der Waals surface area contributed by atoms with E-state index in [2.05, 4.69) is 34.6 Å². The number of aryl methyl sites for hydroxylation is 1. The third-order valence-corrected chi connectivity index (χ3v) is 4.89. The molecule has 0 unspecified atom stereocenters. The van der Waals surface area contributed by atoms with E-state index in [1.807, 2.05) is 36.4 Å². The molecule has 0 aliphatic heterocycles. The Morgan fingerprint density at radius 1 is 1.08 bits per heavy atom. The highest BCUT2D eigenvalue weighted by molar-refractivity contribution is 5.76. The highest BCUT2D eigenvalue weighted by Gasteiger charge is 2.37. The first-order chi connectivity index (χ1) is 12.8. The van der Waals surface area contributed by atoms with Crippen LogP contribution in [0.4, 0.5) is 0 Å². The summed E-state index contributed by atoms with van der Waals surface area (Å²) in [5, 5.41) is 3.04. The number of benzene rings is 2. The van der Waals surface area contributed by atoms with E-state index in [1.54, 1.807) is 6.20 Å². The maximum atomic E-state index is 12.1. The van der Waals surface area contributed by atoms with Gasteiger partial charge in [0.25, 0.3) is 0 Å². The molecule has 1 N–H and O–H groups in total. The van der Waals surface area contributed by atoms with E-state index >= 15 is 0 Å². The highest BCUT2D eigenvalue weighted by atomic mass is 16.4. The number of hydrogen-bond donors (Lipinski definition) is 1. The van der Waals surface area contributed by atoms with E-state index in [1.165, 1.54) is 5.56 Å². The molecule has 0 radical (unpaired) electrons. The minimum absolute atomic E-state index is 0.0585. The fourth-order valence-corrected chi connectivity index (χ4v) is 3.30. The van der Waals surface area contributed by atoms with Crippen molar-refractivity contribution in [2.24, 2.45) is 5.92 Å². The monoisotopic (exact) mass is 346 g/mol. The first-order valence-electron chi connectivity index (χ1n) is 9.11. The van der Waals surface area contributed by atoms with Crippen molar-refractivity contribution < 1.29 is 9.21 Å². The topological polar surface area (TPSA) is 55.1 Å². The summed E-state index contributed by atoms with van der Waals surface area (Å²) in [7, 11) is 0. The van der Waals surface area contributed by atoms with E-state index < -0.39 is 0 Å². The van der Waals surface area contributed by atoms with Gasteiger partial charge in [-0.25, -0.2) is 4.98 Å². The molecule has 132 valence electrons. The summed E-state index contributed by atoms with van der Waals surface area (Å²) in [6, 6.07) is 20.4. The summed E-state index contributed by atoms with van der Waals surface area (Å²) in [6.07, 6.45) is 3.80. The Bertz CT molecular complexity index is 858.